The van der Waals surface area contributed by atoms with Crippen LogP contribution in [0.5, 0.6) is 0 Å². The number of carbonyl (C=O) groups is 3. The second kappa shape index (κ2) is 6.49. The van der Waals surface area contributed by atoms with E-state index in [0.717, 1.165) is 4.88 Å². The lowest BCUT2D eigenvalue weighted by Gasteiger charge is -2.48. The molecule has 6 nitrogen and oxygen atoms in total. The predicted octanol–water partition coefficient (Wildman–Crippen LogP) is 2.67. The molecule has 1 unspecified atom stereocenters. The average molecular weight is 383 g/mol. The number of nitrogens with zero attached hydrogens (tertiary/aromatic N) is 2. The molecule has 1 aromatic carbocycles. The Bertz CT molecular complexity index is 938. The highest BCUT2D eigenvalue weighted by Crippen LogP contribution is 2.43. The van der Waals surface area contributed by atoms with E-state index in [1.54, 1.807) is 34.4 Å². The van der Waals surface area contributed by atoms with Gasteiger partial charge in [0.05, 0.1) is 17.8 Å². The van der Waals surface area contributed by atoms with Crippen molar-refractivity contribution in [2.24, 2.45) is 0 Å². The zero-order valence-corrected chi connectivity index (χ0v) is 16.1. The van der Waals surface area contributed by atoms with Gasteiger partial charge in [0.2, 0.25) is 11.8 Å². The van der Waals surface area contributed by atoms with E-state index >= 15 is 0 Å². The van der Waals surface area contributed by atoms with Gasteiger partial charge in [0, 0.05) is 16.2 Å². The van der Waals surface area contributed by atoms with Gasteiger partial charge < -0.3 is 10.2 Å². The van der Waals surface area contributed by atoms with Gasteiger partial charge in [-0.25, -0.2) is 0 Å². The number of aryl methyl sites for hydroxylation is 1. The Kier molecular flexibility index (Phi) is 4.26. The lowest BCUT2D eigenvalue weighted by atomic mass is 9.98. The first-order valence-corrected chi connectivity index (χ1v) is 9.78. The topological polar surface area (TPSA) is 69.7 Å². The normalized spacial score (nSPS) is 21.3. The highest BCUT2D eigenvalue weighted by atomic mass is 32.1. The first-order chi connectivity index (χ1) is 12.9. The fraction of sp³-hybridized carbons (Fsp3) is 0.350. The van der Waals surface area contributed by atoms with Crippen molar-refractivity contribution in [2.45, 2.75) is 38.9 Å². The average Bonchev–Trinajstić information content (AvgIpc) is 3.20. The molecular formula is C20H21N3O3S. The molecule has 140 valence electrons. The Hall–Kier alpha value is -2.67. The number of hydrogen-bond donors (Lipinski definition) is 1. The Balaban J connectivity index is 1.57. The Morgan fingerprint density at radius 2 is 2.00 bits per heavy atom. The van der Waals surface area contributed by atoms with Crippen LogP contribution in [-0.2, 0) is 16.1 Å². The highest BCUT2D eigenvalue weighted by Gasteiger charge is 2.53. The Morgan fingerprint density at radius 1 is 1.22 bits per heavy atom. The van der Waals surface area contributed by atoms with E-state index in [1.807, 2.05) is 32.0 Å². The summed E-state index contributed by atoms with van der Waals surface area (Å²) in [6.07, 6.45) is 0.883. The number of amides is 3. The molecule has 7 heteroatoms. The Morgan fingerprint density at radius 3 is 2.74 bits per heavy atom. The summed E-state index contributed by atoms with van der Waals surface area (Å²) in [4.78, 5) is 43.6. The summed E-state index contributed by atoms with van der Waals surface area (Å²) in [5, 5.41) is 2.89. The van der Waals surface area contributed by atoms with Gasteiger partial charge in [-0.3, -0.25) is 19.3 Å². The minimum atomic E-state index is -0.806. The number of anilines is 1. The third kappa shape index (κ3) is 2.92. The second-order valence-corrected chi connectivity index (χ2v) is 8.52. The van der Waals surface area contributed by atoms with Crippen molar-refractivity contribution in [3.63, 3.8) is 0 Å². The summed E-state index contributed by atoms with van der Waals surface area (Å²) in [5.74, 6) is -0.451. The largest absolute Gasteiger partial charge is 0.350 e. The molecule has 3 amide bonds. The van der Waals surface area contributed by atoms with Crippen molar-refractivity contribution in [1.82, 2.24) is 10.2 Å². The molecule has 0 aliphatic carbocycles. The fourth-order valence-corrected chi connectivity index (χ4v) is 4.74. The molecule has 3 heterocycles. The number of nitrogens with one attached hydrogen (secondary N) is 1. The maximum Gasteiger partial charge on any atom is 0.258 e. The quantitative estimate of drug-likeness (QED) is 0.883. The maximum absolute atomic E-state index is 13.1. The molecule has 2 aromatic rings. The first-order valence-electron chi connectivity index (χ1n) is 8.96. The zero-order chi connectivity index (χ0) is 19.2. The van der Waals surface area contributed by atoms with Crippen molar-refractivity contribution in [3.8, 4) is 0 Å². The van der Waals surface area contributed by atoms with Crippen LogP contribution in [0.1, 0.15) is 39.9 Å². The van der Waals surface area contributed by atoms with Crippen LogP contribution >= 0.6 is 11.3 Å². The minimum Gasteiger partial charge on any atom is -0.350 e. The van der Waals surface area contributed by atoms with Gasteiger partial charge >= 0.3 is 0 Å². The van der Waals surface area contributed by atoms with E-state index in [2.05, 4.69) is 5.32 Å². The zero-order valence-electron chi connectivity index (χ0n) is 15.3. The second-order valence-electron chi connectivity index (χ2n) is 7.14. The van der Waals surface area contributed by atoms with Crippen LogP contribution in [0.3, 0.4) is 0 Å². The number of carbonyl (C=O) groups excluding carboxylic acids is 3. The molecule has 0 saturated carbocycles. The van der Waals surface area contributed by atoms with E-state index in [1.165, 1.54) is 9.78 Å². The van der Waals surface area contributed by atoms with E-state index in [9.17, 15) is 14.4 Å². The molecule has 0 radical (unpaired) electrons. The molecule has 1 saturated heterocycles. The lowest BCUT2D eigenvalue weighted by Crippen LogP contribution is -2.63. The lowest BCUT2D eigenvalue weighted by molar-refractivity contribution is -0.124. The standard InChI is InChI=1S/C20H21N3O3S/c1-13-7-8-14(27-13)11-21-17(24)12-22-19(26)15-5-3-4-6-16(15)23-18(25)9-10-20(22,23)2/h3-8H,9-12H2,1-2H3,(H,21,24). The van der Waals surface area contributed by atoms with Gasteiger partial charge in [0.15, 0.2) is 0 Å². The molecule has 0 bridgehead atoms. The van der Waals surface area contributed by atoms with Gasteiger partial charge in [-0.1, -0.05) is 12.1 Å². The fourth-order valence-electron chi connectivity index (χ4n) is 3.91. The Labute approximate surface area is 161 Å². The van der Waals surface area contributed by atoms with E-state index < -0.39 is 5.66 Å². The van der Waals surface area contributed by atoms with Crippen LogP contribution in [0.15, 0.2) is 36.4 Å². The maximum atomic E-state index is 13.1. The van der Waals surface area contributed by atoms with Crippen LogP contribution in [0.25, 0.3) is 0 Å². The molecular weight excluding hydrogens is 362 g/mol. The monoisotopic (exact) mass is 383 g/mol. The van der Waals surface area contributed by atoms with E-state index in [0.29, 0.717) is 30.6 Å². The molecule has 2 aliphatic heterocycles. The van der Waals surface area contributed by atoms with E-state index in [4.69, 9.17) is 0 Å². The van der Waals surface area contributed by atoms with Gasteiger partial charge in [0.1, 0.15) is 12.2 Å². The number of thiophene rings is 1. The molecule has 1 N–H and O–H groups in total. The van der Waals surface area contributed by atoms with Gasteiger partial charge in [0.25, 0.3) is 5.91 Å². The number of hydrogen-bond acceptors (Lipinski definition) is 4. The number of rotatable bonds is 4. The minimum absolute atomic E-state index is 0.0167. The molecule has 1 aromatic heterocycles. The van der Waals surface area contributed by atoms with Gasteiger partial charge in [-0.15, -0.1) is 11.3 Å². The smallest absolute Gasteiger partial charge is 0.258 e. The summed E-state index contributed by atoms with van der Waals surface area (Å²) >= 11 is 1.63. The van der Waals surface area contributed by atoms with Crippen LogP contribution < -0.4 is 10.2 Å². The van der Waals surface area contributed by atoms with Crippen molar-refractivity contribution in [2.75, 3.05) is 11.4 Å². The van der Waals surface area contributed by atoms with Crippen molar-refractivity contribution in [3.05, 3.63) is 51.7 Å². The predicted molar refractivity (Wildman–Crippen MR) is 104 cm³/mol. The number of fused-ring (bicyclic) bond motifs is 3. The SMILES string of the molecule is Cc1ccc(CNC(=O)CN2C(=O)c3ccccc3N3C(=O)CCC23C)s1. The highest BCUT2D eigenvalue weighted by molar-refractivity contribution is 7.11. The van der Waals surface area contributed by atoms with Crippen molar-refractivity contribution < 1.29 is 14.4 Å². The number of para-hydroxylation sites is 1. The summed E-state index contributed by atoms with van der Waals surface area (Å²) in [6, 6.07) is 11.1. The summed E-state index contributed by atoms with van der Waals surface area (Å²) in [6.45, 7) is 4.25. The molecule has 27 heavy (non-hydrogen) atoms. The van der Waals surface area contributed by atoms with Crippen molar-refractivity contribution in [1.29, 1.82) is 0 Å². The molecule has 4 rings (SSSR count). The summed E-state index contributed by atoms with van der Waals surface area (Å²) in [5.41, 5.74) is 0.296. The van der Waals surface area contributed by atoms with Crippen LogP contribution in [0.2, 0.25) is 0 Å². The molecule has 2 aliphatic rings. The number of benzene rings is 1. The molecule has 1 fully saturated rings. The van der Waals surface area contributed by atoms with Crippen LogP contribution in [-0.4, -0.2) is 34.8 Å². The van der Waals surface area contributed by atoms with Gasteiger partial charge in [-0.2, -0.15) is 0 Å². The molecule has 0 spiro atoms. The first kappa shape index (κ1) is 17.7. The summed E-state index contributed by atoms with van der Waals surface area (Å²) in [7, 11) is 0. The van der Waals surface area contributed by atoms with Crippen molar-refractivity contribution >= 4 is 34.7 Å². The van der Waals surface area contributed by atoms with E-state index in [-0.39, 0.29) is 24.3 Å². The third-order valence-corrected chi connectivity index (χ3v) is 6.30. The van der Waals surface area contributed by atoms with Gasteiger partial charge in [-0.05, 0) is 44.5 Å². The van der Waals surface area contributed by atoms with Crippen LogP contribution in [0, 0.1) is 6.92 Å². The third-order valence-electron chi connectivity index (χ3n) is 5.30. The summed E-state index contributed by atoms with van der Waals surface area (Å²) < 4.78 is 0. The van der Waals surface area contributed by atoms with Crippen LogP contribution in [0.4, 0.5) is 5.69 Å². The molecule has 1 atom stereocenters.